The molecule has 0 bridgehead atoms. The van der Waals surface area contributed by atoms with Crippen molar-refractivity contribution in [2.24, 2.45) is 0 Å². The molecule has 1 heterocycles. The summed E-state index contributed by atoms with van der Waals surface area (Å²) in [6, 6.07) is 0. The second kappa shape index (κ2) is 11.5. The van der Waals surface area contributed by atoms with Crippen molar-refractivity contribution < 1.29 is 19.1 Å². The van der Waals surface area contributed by atoms with Gasteiger partial charge in [-0.1, -0.05) is 50.7 Å². The second-order valence-electron chi connectivity index (χ2n) is 5.15. The lowest BCUT2D eigenvalue weighted by Gasteiger charge is -2.05. The van der Waals surface area contributed by atoms with Crippen LogP contribution in [0.15, 0.2) is 12.2 Å². The Labute approximate surface area is 121 Å². The van der Waals surface area contributed by atoms with Crippen LogP contribution in [0.3, 0.4) is 0 Å². The molecule has 0 saturated carbocycles. The van der Waals surface area contributed by atoms with E-state index in [1.807, 2.05) is 0 Å². The van der Waals surface area contributed by atoms with Crippen LogP contribution in [0.1, 0.15) is 64.2 Å². The predicted molar refractivity (Wildman–Crippen MR) is 77.2 cm³/mol. The van der Waals surface area contributed by atoms with Gasteiger partial charge in [-0.2, -0.15) is 0 Å². The monoisotopic (exact) mass is 282 g/mol. The average molecular weight is 282 g/mol. The topological polar surface area (TPSA) is 52.6 Å². The highest BCUT2D eigenvalue weighted by atomic mass is 16.5. The number of carbonyl (C=O) groups excluding carboxylic acids is 2. The van der Waals surface area contributed by atoms with Gasteiger partial charge < -0.3 is 9.47 Å². The Hall–Kier alpha value is -1.32. The molecule has 0 aliphatic carbocycles. The number of esters is 2. The molecule has 0 unspecified atom stereocenters. The van der Waals surface area contributed by atoms with Crippen LogP contribution >= 0.6 is 0 Å². The summed E-state index contributed by atoms with van der Waals surface area (Å²) in [4.78, 5) is 22.7. The van der Waals surface area contributed by atoms with E-state index in [-0.39, 0.29) is 24.8 Å². The Kier molecular flexibility index (Phi) is 9.62. The van der Waals surface area contributed by atoms with E-state index in [2.05, 4.69) is 0 Å². The lowest BCUT2D eigenvalue weighted by atomic mass is 10.1. The molecule has 0 atom stereocenters. The largest absolute Gasteiger partial charge is 0.465 e. The standard InChI is InChI=1S/C16H26O4/c17-15-11-7-8-12-16(18)20-14-10-6-4-2-1-3-5-9-13-19-15/h7-8H,1-6,9-14H2. The van der Waals surface area contributed by atoms with Crippen LogP contribution in [0, 0.1) is 0 Å². The molecular weight excluding hydrogens is 256 g/mol. The van der Waals surface area contributed by atoms with Gasteiger partial charge in [0.25, 0.3) is 0 Å². The van der Waals surface area contributed by atoms with E-state index in [1.54, 1.807) is 12.2 Å². The molecule has 0 aromatic carbocycles. The van der Waals surface area contributed by atoms with E-state index < -0.39 is 0 Å². The number of cyclic esters (lactones) is 2. The van der Waals surface area contributed by atoms with Crippen LogP contribution < -0.4 is 0 Å². The van der Waals surface area contributed by atoms with Crippen molar-refractivity contribution in [3.63, 3.8) is 0 Å². The highest BCUT2D eigenvalue weighted by Gasteiger charge is 2.02. The van der Waals surface area contributed by atoms with E-state index in [4.69, 9.17) is 9.47 Å². The Morgan fingerprint density at radius 2 is 0.950 bits per heavy atom. The molecule has 0 fully saturated rings. The van der Waals surface area contributed by atoms with E-state index in [9.17, 15) is 9.59 Å². The molecule has 1 aliphatic rings. The zero-order valence-electron chi connectivity index (χ0n) is 12.3. The van der Waals surface area contributed by atoms with E-state index in [1.165, 1.54) is 25.7 Å². The fourth-order valence-corrected chi connectivity index (χ4v) is 2.11. The third kappa shape index (κ3) is 9.59. The van der Waals surface area contributed by atoms with Gasteiger partial charge in [-0.15, -0.1) is 0 Å². The van der Waals surface area contributed by atoms with E-state index in [0.717, 1.165) is 25.7 Å². The van der Waals surface area contributed by atoms with Crippen LogP contribution in [0.2, 0.25) is 0 Å². The first-order chi connectivity index (χ1) is 9.79. The van der Waals surface area contributed by atoms with Crippen LogP contribution in [0.25, 0.3) is 0 Å². The maximum Gasteiger partial charge on any atom is 0.309 e. The minimum absolute atomic E-state index is 0.226. The normalized spacial score (nSPS) is 21.4. The summed E-state index contributed by atoms with van der Waals surface area (Å²) in [6.45, 7) is 1.02. The van der Waals surface area contributed by atoms with Gasteiger partial charge in [0.1, 0.15) is 0 Å². The fourth-order valence-electron chi connectivity index (χ4n) is 2.11. The maximum absolute atomic E-state index is 11.4. The van der Waals surface area contributed by atoms with Crippen LogP contribution in [-0.4, -0.2) is 25.2 Å². The van der Waals surface area contributed by atoms with Gasteiger partial charge in [0.2, 0.25) is 0 Å². The summed E-state index contributed by atoms with van der Waals surface area (Å²) in [7, 11) is 0. The minimum Gasteiger partial charge on any atom is -0.465 e. The molecule has 0 spiro atoms. The molecule has 0 saturated heterocycles. The van der Waals surface area contributed by atoms with Crippen molar-refractivity contribution in [3.05, 3.63) is 12.2 Å². The van der Waals surface area contributed by atoms with Crippen molar-refractivity contribution in [2.75, 3.05) is 13.2 Å². The first-order valence-electron chi connectivity index (χ1n) is 7.75. The highest BCUT2D eigenvalue weighted by molar-refractivity contribution is 5.73. The second-order valence-corrected chi connectivity index (χ2v) is 5.15. The number of hydrogen-bond donors (Lipinski definition) is 0. The zero-order valence-corrected chi connectivity index (χ0v) is 12.3. The molecule has 0 amide bonds. The summed E-state index contributed by atoms with van der Waals surface area (Å²) < 4.78 is 10.2. The van der Waals surface area contributed by atoms with Gasteiger partial charge in [0.05, 0.1) is 26.1 Å². The summed E-state index contributed by atoms with van der Waals surface area (Å²) in [5, 5.41) is 0. The van der Waals surface area contributed by atoms with Gasteiger partial charge in [0, 0.05) is 0 Å². The third-order valence-corrected chi connectivity index (χ3v) is 3.30. The fraction of sp³-hybridized carbons (Fsp3) is 0.750. The number of rotatable bonds is 0. The Bertz CT molecular complexity index is 280. The molecule has 20 heavy (non-hydrogen) atoms. The van der Waals surface area contributed by atoms with Crippen LogP contribution in [-0.2, 0) is 19.1 Å². The third-order valence-electron chi connectivity index (χ3n) is 3.30. The Morgan fingerprint density at radius 1 is 0.600 bits per heavy atom. The zero-order chi connectivity index (χ0) is 14.5. The predicted octanol–water partition coefficient (Wildman–Crippen LogP) is 3.54. The van der Waals surface area contributed by atoms with Gasteiger partial charge in [-0.3, -0.25) is 9.59 Å². The van der Waals surface area contributed by atoms with Crippen molar-refractivity contribution in [1.29, 1.82) is 0 Å². The van der Waals surface area contributed by atoms with Crippen LogP contribution in [0.5, 0.6) is 0 Å². The van der Waals surface area contributed by atoms with Gasteiger partial charge in [-0.05, 0) is 12.8 Å². The molecule has 0 radical (unpaired) electrons. The smallest absolute Gasteiger partial charge is 0.309 e. The number of ether oxygens (including phenoxy) is 2. The van der Waals surface area contributed by atoms with Crippen LogP contribution in [0.4, 0.5) is 0 Å². The van der Waals surface area contributed by atoms with E-state index in [0.29, 0.717) is 13.2 Å². The van der Waals surface area contributed by atoms with E-state index >= 15 is 0 Å². The molecular formula is C16H26O4. The Morgan fingerprint density at radius 3 is 1.35 bits per heavy atom. The minimum atomic E-state index is -0.226. The number of hydrogen-bond acceptors (Lipinski definition) is 4. The average Bonchev–Trinajstić information content (AvgIpc) is 2.44. The molecule has 0 aromatic rings. The highest BCUT2D eigenvalue weighted by Crippen LogP contribution is 2.09. The molecule has 1 rings (SSSR count). The SMILES string of the molecule is O=C1CC=CCC(=O)OCCCCCCCCCCO1. The van der Waals surface area contributed by atoms with Crippen molar-refractivity contribution >= 4 is 11.9 Å². The summed E-state index contributed by atoms with van der Waals surface area (Å²) >= 11 is 0. The summed E-state index contributed by atoms with van der Waals surface area (Å²) in [6.07, 6.45) is 12.8. The first kappa shape index (κ1) is 16.7. The molecule has 114 valence electrons. The van der Waals surface area contributed by atoms with Gasteiger partial charge >= 0.3 is 11.9 Å². The van der Waals surface area contributed by atoms with Crippen molar-refractivity contribution in [2.45, 2.75) is 64.2 Å². The molecule has 4 nitrogen and oxygen atoms in total. The molecule has 4 heteroatoms. The maximum atomic E-state index is 11.4. The van der Waals surface area contributed by atoms with Gasteiger partial charge in [-0.25, -0.2) is 0 Å². The lowest BCUT2D eigenvalue weighted by molar-refractivity contribution is -0.144. The van der Waals surface area contributed by atoms with Crippen molar-refractivity contribution in [3.8, 4) is 0 Å². The lowest BCUT2D eigenvalue weighted by Crippen LogP contribution is -2.06. The van der Waals surface area contributed by atoms with Gasteiger partial charge in [0.15, 0.2) is 0 Å². The summed E-state index contributed by atoms with van der Waals surface area (Å²) in [5.41, 5.74) is 0. The quantitative estimate of drug-likeness (QED) is 0.503. The van der Waals surface area contributed by atoms with Crippen molar-refractivity contribution in [1.82, 2.24) is 0 Å². The molecule has 0 aromatic heterocycles. The molecule has 1 aliphatic heterocycles. The Balaban J connectivity index is 2.28. The number of carbonyl (C=O) groups is 2. The first-order valence-corrected chi connectivity index (χ1v) is 7.75. The molecule has 0 N–H and O–H groups in total. The summed E-state index contributed by atoms with van der Waals surface area (Å²) in [5.74, 6) is -0.452.